The number of hydrogen-bond donors (Lipinski definition) is 0. The van der Waals surface area contributed by atoms with Crippen LogP contribution in [-0.2, 0) is 14.3 Å². The zero-order chi connectivity index (χ0) is 21.9. The number of ether oxygens (including phenoxy) is 2. The number of anilines is 1. The number of methoxy groups -OCH3 is 2. The predicted molar refractivity (Wildman–Crippen MR) is 116 cm³/mol. The highest BCUT2D eigenvalue weighted by Crippen LogP contribution is 2.34. The number of esters is 1. The van der Waals surface area contributed by atoms with Gasteiger partial charge < -0.3 is 9.47 Å². The summed E-state index contributed by atoms with van der Waals surface area (Å²) in [5.74, 6) is -0.490. The van der Waals surface area contributed by atoms with E-state index in [1.165, 1.54) is 24.1 Å². The second-order valence-corrected chi connectivity index (χ2v) is 7.81. The Morgan fingerprint density at radius 2 is 1.63 bits per heavy atom. The number of halogens is 2. The van der Waals surface area contributed by atoms with E-state index in [9.17, 15) is 9.59 Å². The molecule has 0 saturated heterocycles. The zero-order valence-electron chi connectivity index (χ0n) is 16.8. The maximum Gasteiger partial charge on any atom is 0.346 e. The Hall–Kier alpha value is -2.61. The minimum absolute atomic E-state index is 0.00228. The number of carbonyl (C=O) groups excluding carboxylic acids is 2. The second kappa shape index (κ2) is 9.04. The standard InChI is InChI=1S/C21H21Cl2N3O4/c1-21(19(27)30-3)12-26(24-18(21)14-4-6-15(22)7-5-14)20(28)25(13-29-2)17-10-8-16(23)9-11-17/h4-11H,12-13H2,1-3H3. The molecule has 0 bridgehead atoms. The Labute approximate surface area is 184 Å². The third-order valence-corrected chi connectivity index (χ3v) is 5.32. The van der Waals surface area contributed by atoms with Gasteiger partial charge in [-0.05, 0) is 48.9 Å². The van der Waals surface area contributed by atoms with Gasteiger partial charge in [0, 0.05) is 22.8 Å². The van der Waals surface area contributed by atoms with Crippen LogP contribution in [0.1, 0.15) is 12.5 Å². The van der Waals surface area contributed by atoms with Crippen LogP contribution < -0.4 is 4.90 Å². The van der Waals surface area contributed by atoms with Crippen molar-refractivity contribution >= 4 is 46.6 Å². The molecule has 1 atom stereocenters. The normalized spacial score (nSPS) is 18.2. The summed E-state index contributed by atoms with van der Waals surface area (Å²) < 4.78 is 10.2. The minimum atomic E-state index is -1.14. The van der Waals surface area contributed by atoms with Crippen LogP contribution >= 0.6 is 23.2 Å². The molecule has 0 aliphatic carbocycles. The maximum absolute atomic E-state index is 13.3. The average Bonchev–Trinajstić information content (AvgIpc) is 3.11. The van der Waals surface area contributed by atoms with Crippen LogP contribution in [0.25, 0.3) is 0 Å². The number of hydrogen-bond acceptors (Lipinski definition) is 5. The summed E-state index contributed by atoms with van der Waals surface area (Å²) in [4.78, 5) is 27.4. The number of hydrazone groups is 1. The fourth-order valence-electron chi connectivity index (χ4n) is 3.25. The van der Waals surface area contributed by atoms with Gasteiger partial charge in [-0.3, -0.25) is 9.69 Å². The third-order valence-electron chi connectivity index (χ3n) is 4.81. The van der Waals surface area contributed by atoms with Gasteiger partial charge in [-0.2, -0.15) is 5.10 Å². The van der Waals surface area contributed by atoms with E-state index in [0.717, 1.165) is 0 Å². The Kier molecular flexibility index (Phi) is 6.65. The first kappa shape index (κ1) is 22.1. The number of rotatable bonds is 5. The molecule has 3 rings (SSSR count). The molecule has 0 N–H and O–H groups in total. The largest absolute Gasteiger partial charge is 0.468 e. The van der Waals surface area contributed by atoms with Crippen molar-refractivity contribution in [3.8, 4) is 0 Å². The highest BCUT2D eigenvalue weighted by Gasteiger charge is 2.49. The van der Waals surface area contributed by atoms with Crippen LogP contribution in [0.2, 0.25) is 10.0 Å². The number of carbonyl (C=O) groups is 2. The van der Waals surface area contributed by atoms with Crippen molar-refractivity contribution in [2.75, 3.05) is 32.4 Å². The lowest BCUT2D eigenvalue weighted by Gasteiger charge is -2.27. The van der Waals surface area contributed by atoms with Crippen molar-refractivity contribution in [3.63, 3.8) is 0 Å². The highest BCUT2D eigenvalue weighted by molar-refractivity contribution is 6.31. The molecule has 1 aliphatic heterocycles. The number of amides is 2. The lowest BCUT2D eigenvalue weighted by Crippen LogP contribution is -2.45. The number of nitrogens with zero attached hydrogens (tertiary/aromatic N) is 3. The quantitative estimate of drug-likeness (QED) is 0.500. The van der Waals surface area contributed by atoms with Gasteiger partial charge in [0.15, 0.2) is 0 Å². The number of benzene rings is 2. The predicted octanol–water partition coefficient (Wildman–Crippen LogP) is 4.42. The molecule has 7 nitrogen and oxygen atoms in total. The van der Waals surface area contributed by atoms with Gasteiger partial charge >= 0.3 is 12.0 Å². The second-order valence-electron chi connectivity index (χ2n) is 6.94. The molecule has 0 fully saturated rings. The molecule has 158 valence electrons. The molecular formula is C21H21Cl2N3O4. The third kappa shape index (κ3) is 4.28. The van der Waals surface area contributed by atoms with Crippen molar-refractivity contribution in [1.82, 2.24) is 5.01 Å². The highest BCUT2D eigenvalue weighted by atomic mass is 35.5. The summed E-state index contributed by atoms with van der Waals surface area (Å²) in [6, 6.07) is 13.2. The van der Waals surface area contributed by atoms with Crippen molar-refractivity contribution in [2.45, 2.75) is 6.92 Å². The van der Waals surface area contributed by atoms with Crippen LogP contribution in [0, 0.1) is 5.41 Å². The van der Waals surface area contributed by atoms with Crippen molar-refractivity contribution in [2.24, 2.45) is 10.5 Å². The summed E-state index contributed by atoms with van der Waals surface area (Å²) in [6.45, 7) is 1.71. The van der Waals surface area contributed by atoms with Gasteiger partial charge in [0.25, 0.3) is 0 Å². The molecule has 2 aromatic carbocycles. The molecule has 2 aromatic rings. The Bertz CT molecular complexity index is 963. The van der Waals surface area contributed by atoms with E-state index in [1.54, 1.807) is 55.5 Å². The van der Waals surface area contributed by atoms with Gasteiger partial charge in [-0.25, -0.2) is 9.80 Å². The van der Waals surface area contributed by atoms with Crippen LogP contribution in [0.4, 0.5) is 10.5 Å². The topological polar surface area (TPSA) is 71.4 Å². The minimum Gasteiger partial charge on any atom is -0.468 e. The zero-order valence-corrected chi connectivity index (χ0v) is 18.3. The van der Waals surface area contributed by atoms with Gasteiger partial charge in [0.05, 0.1) is 19.4 Å². The smallest absolute Gasteiger partial charge is 0.346 e. The monoisotopic (exact) mass is 449 g/mol. The first-order valence-electron chi connectivity index (χ1n) is 9.07. The van der Waals surface area contributed by atoms with E-state index in [4.69, 9.17) is 32.7 Å². The SMILES string of the molecule is COCN(C(=O)N1CC(C)(C(=O)OC)C(c2ccc(Cl)cc2)=N1)c1ccc(Cl)cc1. The van der Waals surface area contributed by atoms with E-state index in [0.29, 0.717) is 27.0 Å². The van der Waals surface area contributed by atoms with E-state index in [-0.39, 0.29) is 13.3 Å². The fraction of sp³-hybridized carbons (Fsp3) is 0.286. The lowest BCUT2D eigenvalue weighted by molar-refractivity contribution is -0.147. The Morgan fingerprint density at radius 1 is 1.07 bits per heavy atom. The molecule has 1 aliphatic rings. The maximum atomic E-state index is 13.3. The van der Waals surface area contributed by atoms with Gasteiger partial charge in [-0.1, -0.05) is 35.3 Å². The molecule has 2 amide bonds. The summed E-state index contributed by atoms with van der Waals surface area (Å²) in [5, 5.41) is 6.84. The molecule has 0 aromatic heterocycles. The Morgan fingerprint density at radius 3 is 2.17 bits per heavy atom. The van der Waals surface area contributed by atoms with Gasteiger partial charge in [0.2, 0.25) is 0 Å². The van der Waals surface area contributed by atoms with Crippen molar-refractivity contribution in [1.29, 1.82) is 0 Å². The molecule has 0 spiro atoms. The Balaban J connectivity index is 1.99. The van der Waals surface area contributed by atoms with Crippen LogP contribution in [0.5, 0.6) is 0 Å². The summed E-state index contributed by atoms with van der Waals surface area (Å²) in [7, 11) is 2.80. The molecule has 0 saturated carbocycles. The molecule has 30 heavy (non-hydrogen) atoms. The summed E-state index contributed by atoms with van der Waals surface area (Å²) in [6.07, 6.45) is 0. The first-order chi connectivity index (χ1) is 14.3. The van der Waals surface area contributed by atoms with Gasteiger partial charge in [-0.15, -0.1) is 0 Å². The first-order valence-corrected chi connectivity index (χ1v) is 9.82. The van der Waals surface area contributed by atoms with Crippen LogP contribution in [0.15, 0.2) is 53.6 Å². The summed E-state index contributed by atoms with van der Waals surface area (Å²) in [5.41, 5.74) is 0.540. The van der Waals surface area contributed by atoms with Crippen LogP contribution in [0.3, 0.4) is 0 Å². The number of urea groups is 1. The summed E-state index contributed by atoms with van der Waals surface area (Å²) >= 11 is 11.9. The molecule has 1 heterocycles. The molecule has 9 heteroatoms. The average molecular weight is 450 g/mol. The van der Waals surface area contributed by atoms with E-state index >= 15 is 0 Å². The fourth-order valence-corrected chi connectivity index (χ4v) is 3.50. The van der Waals surface area contributed by atoms with E-state index in [2.05, 4.69) is 5.10 Å². The molecular weight excluding hydrogens is 429 g/mol. The molecule has 1 unspecified atom stereocenters. The van der Waals surface area contributed by atoms with Gasteiger partial charge in [0.1, 0.15) is 12.1 Å². The van der Waals surface area contributed by atoms with E-state index < -0.39 is 17.4 Å². The molecule has 0 radical (unpaired) electrons. The van der Waals surface area contributed by atoms with Crippen LogP contribution in [-0.4, -0.2) is 50.2 Å². The lowest BCUT2D eigenvalue weighted by atomic mass is 9.82. The van der Waals surface area contributed by atoms with Crippen molar-refractivity contribution < 1.29 is 19.1 Å². The van der Waals surface area contributed by atoms with Crippen molar-refractivity contribution in [3.05, 3.63) is 64.1 Å². The van der Waals surface area contributed by atoms with E-state index in [1.807, 2.05) is 0 Å².